The van der Waals surface area contributed by atoms with Gasteiger partial charge in [-0.05, 0) is 66.8 Å². The summed E-state index contributed by atoms with van der Waals surface area (Å²) in [4.78, 5) is 6.60. The molecule has 1 fully saturated rings. The lowest BCUT2D eigenvalue weighted by molar-refractivity contribution is 0.253. The quantitative estimate of drug-likeness (QED) is 0.340. The zero-order chi connectivity index (χ0) is 21.4. The van der Waals surface area contributed by atoms with Crippen molar-refractivity contribution in [3.63, 3.8) is 0 Å². The van der Waals surface area contributed by atoms with Gasteiger partial charge in [0.15, 0.2) is 5.11 Å². The van der Waals surface area contributed by atoms with Crippen LogP contribution in [0.4, 0.5) is 0 Å². The van der Waals surface area contributed by atoms with Gasteiger partial charge in [-0.2, -0.15) is 0 Å². The van der Waals surface area contributed by atoms with E-state index in [0.29, 0.717) is 27.5 Å². The minimum Gasteiger partial charge on any atom is -0.467 e. The lowest BCUT2D eigenvalue weighted by atomic mass is 10.0. The Labute approximate surface area is 194 Å². The highest BCUT2D eigenvalue weighted by atomic mass is 35.5. The van der Waals surface area contributed by atoms with Crippen molar-refractivity contribution >= 4 is 40.5 Å². The van der Waals surface area contributed by atoms with Crippen LogP contribution in [0.5, 0.6) is 0 Å². The van der Waals surface area contributed by atoms with Crippen molar-refractivity contribution in [2.45, 2.75) is 18.6 Å². The molecule has 0 radical (unpaired) electrons. The Hall–Kier alpha value is -2.80. The summed E-state index contributed by atoms with van der Waals surface area (Å²) in [6.45, 7) is 0.510. The summed E-state index contributed by atoms with van der Waals surface area (Å²) in [6, 6.07) is 18.6. The molecular formula is C23H17Cl2N3O2S. The Morgan fingerprint density at radius 3 is 2.68 bits per heavy atom. The number of thiocarbonyl (C=S) groups is 1. The third-order valence-corrected chi connectivity index (χ3v) is 6.32. The summed E-state index contributed by atoms with van der Waals surface area (Å²) in [5.41, 5.74) is 1.73. The average Bonchev–Trinajstić information content (AvgIpc) is 3.52. The van der Waals surface area contributed by atoms with E-state index in [1.54, 1.807) is 24.6 Å². The number of benzene rings is 1. The third-order valence-electron chi connectivity index (χ3n) is 5.23. The number of halogens is 2. The summed E-state index contributed by atoms with van der Waals surface area (Å²) in [5, 5.41) is 5.00. The number of hydrogen-bond donors (Lipinski definition) is 1. The van der Waals surface area contributed by atoms with Gasteiger partial charge in [-0.1, -0.05) is 29.3 Å². The molecule has 0 amide bonds. The summed E-state index contributed by atoms with van der Waals surface area (Å²) in [5.74, 6) is 2.27. The molecule has 1 aliphatic rings. The molecule has 5 rings (SSSR count). The Morgan fingerprint density at radius 1 is 1.03 bits per heavy atom. The maximum absolute atomic E-state index is 6.30. The fraction of sp³-hybridized carbons (Fsp3) is 0.130. The highest BCUT2D eigenvalue weighted by Gasteiger charge is 2.42. The summed E-state index contributed by atoms with van der Waals surface area (Å²) < 4.78 is 11.9. The fourth-order valence-corrected chi connectivity index (χ4v) is 4.37. The van der Waals surface area contributed by atoms with Crippen molar-refractivity contribution in [1.82, 2.24) is 15.2 Å². The molecule has 156 valence electrons. The van der Waals surface area contributed by atoms with Gasteiger partial charge >= 0.3 is 0 Å². The van der Waals surface area contributed by atoms with Gasteiger partial charge in [0.1, 0.15) is 23.3 Å². The molecule has 1 N–H and O–H groups in total. The van der Waals surface area contributed by atoms with Crippen LogP contribution in [0, 0.1) is 0 Å². The molecule has 5 nitrogen and oxygen atoms in total. The largest absolute Gasteiger partial charge is 0.467 e. The van der Waals surface area contributed by atoms with Crippen LogP contribution in [0.3, 0.4) is 0 Å². The van der Waals surface area contributed by atoms with Crippen molar-refractivity contribution in [3.8, 4) is 11.3 Å². The van der Waals surface area contributed by atoms with Gasteiger partial charge in [0.05, 0.1) is 34.6 Å². The van der Waals surface area contributed by atoms with Crippen LogP contribution in [0.1, 0.15) is 29.3 Å². The van der Waals surface area contributed by atoms with E-state index in [1.165, 1.54) is 0 Å². The SMILES string of the molecule is S=C1N[C@@H](c2ccccn2)[C@H](c2ccc(-c3ccc(Cl)c(Cl)c3)o2)N1Cc1ccco1. The Balaban J connectivity index is 1.54. The van der Waals surface area contributed by atoms with E-state index in [2.05, 4.69) is 15.2 Å². The standard InChI is InChI=1S/C23H17Cl2N3O2S/c24-16-7-6-14(12-17(16)25)19-8-9-20(30-19)22-21(18-5-1-2-10-26-18)27-23(31)28(22)13-15-4-3-11-29-15/h1-12,21-22H,13H2,(H,27,31)/t21-,22-/m0/s1. The van der Waals surface area contributed by atoms with Crippen LogP contribution >= 0.6 is 35.4 Å². The molecule has 1 saturated heterocycles. The van der Waals surface area contributed by atoms with Crippen LogP contribution < -0.4 is 5.32 Å². The van der Waals surface area contributed by atoms with E-state index in [4.69, 9.17) is 44.3 Å². The van der Waals surface area contributed by atoms with Gasteiger partial charge in [-0.15, -0.1) is 0 Å². The number of pyridine rings is 1. The molecule has 0 unspecified atom stereocenters. The number of hydrogen-bond acceptors (Lipinski definition) is 4. The minimum atomic E-state index is -0.205. The predicted molar refractivity (Wildman–Crippen MR) is 124 cm³/mol. The molecule has 8 heteroatoms. The van der Waals surface area contributed by atoms with Gasteiger partial charge in [0, 0.05) is 11.8 Å². The van der Waals surface area contributed by atoms with Crippen LogP contribution in [0.15, 0.2) is 82.0 Å². The average molecular weight is 470 g/mol. The topological polar surface area (TPSA) is 54.4 Å². The maximum Gasteiger partial charge on any atom is 0.170 e. The number of nitrogens with one attached hydrogen (secondary N) is 1. The molecular weight excluding hydrogens is 453 g/mol. The highest BCUT2D eigenvalue weighted by molar-refractivity contribution is 7.80. The van der Waals surface area contributed by atoms with Crippen molar-refractivity contribution < 1.29 is 8.83 Å². The lowest BCUT2D eigenvalue weighted by Gasteiger charge is -2.25. The second-order valence-corrected chi connectivity index (χ2v) is 8.37. The molecule has 0 saturated carbocycles. The van der Waals surface area contributed by atoms with E-state index >= 15 is 0 Å². The summed E-state index contributed by atoms with van der Waals surface area (Å²) >= 11 is 17.9. The molecule has 1 aliphatic heterocycles. The van der Waals surface area contributed by atoms with Crippen molar-refractivity contribution in [2.24, 2.45) is 0 Å². The number of nitrogens with zero attached hydrogens (tertiary/aromatic N) is 2. The van der Waals surface area contributed by atoms with Gasteiger partial charge in [-0.25, -0.2) is 0 Å². The smallest absolute Gasteiger partial charge is 0.170 e. The minimum absolute atomic E-state index is 0.170. The first kappa shape index (κ1) is 20.1. The summed E-state index contributed by atoms with van der Waals surface area (Å²) in [6.07, 6.45) is 3.43. The Bertz CT molecular complexity index is 1210. The predicted octanol–water partition coefficient (Wildman–Crippen LogP) is 6.41. The molecule has 4 heterocycles. The number of furan rings is 2. The second kappa shape index (κ2) is 8.38. The van der Waals surface area contributed by atoms with Gasteiger partial charge in [-0.3, -0.25) is 4.98 Å². The summed E-state index contributed by atoms with van der Waals surface area (Å²) in [7, 11) is 0. The van der Waals surface area contributed by atoms with Gasteiger partial charge < -0.3 is 19.1 Å². The first-order valence-corrected chi connectivity index (χ1v) is 10.8. The second-order valence-electron chi connectivity index (χ2n) is 7.16. The van der Waals surface area contributed by atoms with Gasteiger partial charge in [0.2, 0.25) is 0 Å². The zero-order valence-corrected chi connectivity index (χ0v) is 18.5. The van der Waals surface area contributed by atoms with Crippen molar-refractivity contribution in [1.29, 1.82) is 0 Å². The lowest BCUT2D eigenvalue weighted by Crippen LogP contribution is -2.28. The Morgan fingerprint density at radius 2 is 1.94 bits per heavy atom. The molecule has 4 aromatic rings. The Kier molecular flexibility index (Phi) is 5.44. The van der Waals surface area contributed by atoms with Crippen LogP contribution in [-0.4, -0.2) is 15.0 Å². The molecule has 0 aliphatic carbocycles. The van der Waals surface area contributed by atoms with E-state index < -0.39 is 0 Å². The van der Waals surface area contributed by atoms with E-state index in [0.717, 1.165) is 22.8 Å². The van der Waals surface area contributed by atoms with E-state index in [1.807, 2.05) is 48.5 Å². The van der Waals surface area contributed by atoms with Gasteiger partial charge in [0.25, 0.3) is 0 Å². The fourth-order valence-electron chi connectivity index (χ4n) is 3.77. The normalized spacial score (nSPS) is 18.4. The van der Waals surface area contributed by atoms with Crippen molar-refractivity contribution in [3.05, 3.63) is 100 Å². The first-order chi connectivity index (χ1) is 15.1. The molecule has 0 spiro atoms. The molecule has 1 aromatic carbocycles. The van der Waals surface area contributed by atoms with E-state index in [9.17, 15) is 0 Å². The number of rotatable bonds is 5. The van der Waals surface area contributed by atoms with Crippen LogP contribution in [-0.2, 0) is 6.54 Å². The highest BCUT2D eigenvalue weighted by Crippen LogP contribution is 2.41. The maximum atomic E-state index is 6.30. The number of aromatic nitrogens is 1. The van der Waals surface area contributed by atoms with E-state index in [-0.39, 0.29) is 12.1 Å². The van der Waals surface area contributed by atoms with Crippen molar-refractivity contribution in [2.75, 3.05) is 0 Å². The zero-order valence-electron chi connectivity index (χ0n) is 16.2. The molecule has 2 atom stereocenters. The first-order valence-electron chi connectivity index (χ1n) is 9.66. The molecule has 3 aromatic heterocycles. The molecule has 31 heavy (non-hydrogen) atoms. The van der Waals surface area contributed by atoms with Crippen LogP contribution in [0.25, 0.3) is 11.3 Å². The molecule has 0 bridgehead atoms. The third kappa shape index (κ3) is 3.94. The monoisotopic (exact) mass is 469 g/mol. The van der Waals surface area contributed by atoms with Crippen LogP contribution in [0.2, 0.25) is 10.0 Å².